The Bertz CT molecular complexity index is 826. The number of hydrogen-bond donors (Lipinski definition) is 3. The second-order valence-corrected chi connectivity index (χ2v) is 5.73. The zero-order valence-electron chi connectivity index (χ0n) is 12.9. The number of hydrogen-bond acceptors (Lipinski definition) is 3. The first-order valence-corrected chi connectivity index (χ1v) is 7.62. The van der Waals surface area contributed by atoms with Crippen molar-refractivity contribution in [1.82, 2.24) is 15.3 Å². The van der Waals surface area contributed by atoms with Crippen LogP contribution in [-0.2, 0) is 11.2 Å². The number of benzene rings is 1. The van der Waals surface area contributed by atoms with Crippen LogP contribution in [0.25, 0.3) is 0 Å². The highest BCUT2D eigenvalue weighted by atomic mass is 35.5. The number of amides is 1. The van der Waals surface area contributed by atoms with Gasteiger partial charge in [-0.1, -0.05) is 29.8 Å². The van der Waals surface area contributed by atoms with Crippen molar-refractivity contribution >= 4 is 17.5 Å². The van der Waals surface area contributed by atoms with Crippen molar-refractivity contribution in [1.29, 1.82) is 0 Å². The van der Waals surface area contributed by atoms with E-state index >= 15 is 0 Å². The van der Waals surface area contributed by atoms with Gasteiger partial charge in [0.15, 0.2) is 0 Å². The lowest BCUT2D eigenvalue weighted by Crippen LogP contribution is -2.30. The molecule has 1 amide bonds. The highest BCUT2D eigenvalue weighted by Crippen LogP contribution is 2.22. The number of carbonyl (C=O) groups is 1. The normalized spacial score (nSPS) is 12.0. The van der Waals surface area contributed by atoms with Gasteiger partial charge in [-0.15, -0.1) is 0 Å². The molecule has 0 saturated heterocycles. The smallest absolute Gasteiger partial charge is 0.325 e. The lowest BCUT2D eigenvalue weighted by molar-refractivity contribution is -0.121. The predicted molar refractivity (Wildman–Crippen MR) is 88.8 cm³/mol. The number of carbonyl (C=O) groups excluding carboxylic acids is 1. The number of aryl methyl sites for hydroxylation is 1. The summed E-state index contributed by atoms with van der Waals surface area (Å²) in [6, 6.07) is 7.07. The highest BCUT2D eigenvalue weighted by Gasteiger charge is 2.13. The van der Waals surface area contributed by atoms with Gasteiger partial charge in [0.2, 0.25) is 5.91 Å². The lowest BCUT2D eigenvalue weighted by Gasteiger charge is -2.15. The second kappa shape index (κ2) is 7.28. The topological polar surface area (TPSA) is 94.8 Å². The van der Waals surface area contributed by atoms with Crippen LogP contribution in [0.1, 0.15) is 36.2 Å². The third kappa shape index (κ3) is 4.32. The van der Waals surface area contributed by atoms with Crippen LogP contribution < -0.4 is 16.6 Å². The fraction of sp³-hybridized carbons (Fsp3) is 0.312. The average Bonchev–Trinajstić information content (AvgIpc) is 2.46. The van der Waals surface area contributed by atoms with Crippen LogP contribution in [0.15, 0.2) is 33.9 Å². The van der Waals surface area contributed by atoms with E-state index in [4.69, 9.17) is 11.6 Å². The lowest BCUT2D eigenvalue weighted by atomic mass is 10.1. The molecule has 122 valence electrons. The Balaban J connectivity index is 2.00. The van der Waals surface area contributed by atoms with E-state index < -0.39 is 11.2 Å². The van der Waals surface area contributed by atoms with Crippen LogP contribution in [-0.4, -0.2) is 15.9 Å². The van der Waals surface area contributed by atoms with Crippen LogP contribution in [0.4, 0.5) is 0 Å². The van der Waals surface area contributed by atoms with Gasteiger partial charge in [-0.3, -0.25) is 14.6 Å². The number of H-pyrrole nitrogens is 2. The molecule has 6 nitrogen and oxygen atoms in total. The number of nitrogens with one attached hydrogen (secondary N) is 3. The van der Waals surface area contributed by atoms with Crippen molar-refractivity contribution in [2.24, 2.45) is 0 Å². The van der Waals surface area contributed by atoms with Gasteiger partial charge in [0.25, 0.3) is 5.56 Å². The molecule has 0 spiro atoms. The Hall–Kier alpha value is -2.34. The molecular weight excluding hydrogens is 318 g/mol. The summed E-state index contributed by atoms with van der Waals surface area (Å²) in [6.07, 6.45) is 0.393. The highest BCUT2D eigenvalue weighted by molar-refractivity contribution is 6.31. The SMILES string of the molecule is Cc1[nH]c(=O)[nH]c(=O)c1CCC(=O)N[C@@H](C)c1ccccc1Cl. The van der Waals surface area contributed by atoms with E-state index in [9.17, 15) is 14.4 Å². The van der Waals surface area contributed by atoms with E-state index in [2.05, 4.69) is 15.3 Å². The molecule has 0 unspecified atom stereocenters. The van der Waals surface area contributed by atoms with Gasteiger partial charge in [0.1, 0.15) is 0 Å². The quantitative estimate of drug-likeness (QED) is 0.778. The number of halogens is 1. The molecule has 0 aliphatic carbocycles. The number of rotatable bonds is 5. The number of aromatic nitrogens is 2. The maximum Gasteiger partial charge on any atom is 0.325 e. The zero-order chi connectivity index (χ0) is 17.0. The average molecular weight is 336 g/mol. The maximum atomic E-state index is 12.1. The van der Waals surface area contributed by atoms with E-state index in [0.717, 1.165) is 5.56 Å². The summed E-state index contributed by atoms with van der Waals surface area (Å²) in [6.45, 7) is 3.48. The minimum Gasteiger partial charge on any atom is -0.350 e. The molecule has 23 heavy (non-hydrogen) atoms. The van der Waals surface area contributed by atoms with E-state index in [-0.39, 0.29) is 24.8 Å². The van der Waals surface area contributed by atoms with Crippen molar-refractivity contribution in [3.63, 3.8) is 0 Å². The monoisotopic (exact) mass is 335 g/mol. The molecule has 2 rings (SSSR count). The summed E-state index contributed by atoms with van der Waals surface area (Å²) in [4.78, 5) is 39.6. The summed E-state index contributed by atoms with van der Waals surface area (Å²) >= 11 is 6.10. The largest absolute Gasteiger partial charge is 0.350 e. The van der Waals surface area contributed by atoms with Gasteiger partial charge in [-0.25, -0.2) is 4.79 Å². The zero-order valence-corrected chi connectivity index (χ0v) is 13.7. The fourth-order valence-corrected chi connectivity index (χ4v) is 2.68. The molecule has 0 aliphatic rings. The minimum absolute atomic E-state index is 0.144. The van der Waals surface area contributed by atoms with Gasteiger partial charge >= 0.3 is 5.69 Å². The van der Waals surface area contributed by atoms with Crippen molar-refractivity contribution in [3.05, 3.63) is 66.9 Å². The van der Waals surface area contributed by atoms with Crippen molar-refractivity contribution < 1.29 is 4.79 Å². The molecule has 3 N–H and O–H groups in total. The Morgan fingerprint density at radius 2 is 1.96 bits per heavy atom. The van der Waals surface area contributed by atoms with Crippen LogP contribution in [0.5, 0.6) is 0 Å². The molecule has 1 aromatic heterocycles. The first-order valence-electron chi connectivity index (χ1n) is 7.24. The van der Waals surface area contributed by atoms with Crippen molar-refractivity contribution in [3.8, 4) is 0 Å². The maximum absolute atomic E-state index is 12.1. The Kier molecular flexibility index (Phi) is 5.39. The molecular formula is C16H18ClN3O3. The third-order valence-corrected chi connectivity index (χ3v) is 3.95. The van der Waals surface area contributed by atoms with Gasteiger partial charge in [0, 0.05) is 22.7 Å². The van der Waals surface area contributed by atoms with E-state index in [0.29, 0.717) is 16.3 Å². The van der Waals surface area contributed by atoms with Gasteiger partial charge in [-0.05, 0) is 31.9 Å². The Labute approximate surface area is 137 Å². The van der Waals surface area contributed by atoms with Gasteiger partial charge in [-0.2, -0.15) is 0 Å². The first-order chi connectivity index (χ1) is 10.9. The molecule has 1 atom stereocenters. The summed E-state index contributed by atoms with van der Waals surface area (Å²) in [5.74, 6) is -0.192. The summed E-state index contributed by atoms with van der Waals surface area (Å²) < 4.78 is 0. The van der Waals surface area contributed by atoms with E-state index in [1.165, 1.54) is 0 Å². The fourth-order valence-electron chi connectivity index (χ4n) is 2.38. The second-order valence-electron chi connectivity index (χ2n) is 5.32. The van der Waals surface area contributed by atoms with Crippen LogP contribution in [0.3, 0.4) is 0 Å². The Morgan fingerprint density at radius 1 is 1.26 bits per heavy atom. The van der Waals surface area contributed by atoms with E-state index in [1.807, 2.05) is 25.1 Å². The Morgan fingerprint density at radius 3 is 2.61 bits per heavy atom. The third-order valence-electron chi connectivity index (χ3n) is 3.61. The molecule has 1 aromatic carbocycles. The summed E-state index contributed by atoms with van der Waals surface area (Å²) in [5.41, 5.74) is 0.711. The van der Waals surface area contributed by atoms with Crippen molar-refractivity contribution in [2.75, 3.05) is 0 Å². The van der Waals surface area contributed by atoms with E-state index in [1.54, 1.807) is 13.0 Å². The molecule has 0 aliphatic heterocycles. The predicted octanol–water partition coefficient (Wildman–Crippen LogP) is 1.84. The molecule has 0 bridgehead atoms. The summed E-state index contributed by atoms with van der Waals surface area (Å²) in [7, 11) is 0. The van der Waals surface area contributed by atoms with Crippen LogP contribution >= 0.6 is 11.6 Å². The molecule has 2 aromatic rings. The first kappa shape index (κ1) is 17.0. The minimum atomic E-state index is -0.548. The number of aromatic amines is 2. The molecule has 1 heterocycles. The summed E-state index contributed by atoms with van der Waals surface area (Å²) in [5, 5.41) is 3.44. The molecule has 0 fully saturated rings. The van der Waals surface area contributed by atoms with Gasteiger partial charge < -0.3 is 10.3 Å². The van der Waals surface area contributed by atoms with Crippen LogP contribution in [0, 0.1) is 6.92 Å². The van der Waals surface area contributed by atoms with Crippen molar-refractivity contribution in [2.45, 2.75) is 32.7 Å². The standard InChI is InChI=1S/C16H18ClN3O3/c1-9(11-5-3-4-6-13(11)17)18-14(21)8-7-12-10(2)19-16(23)20-15(12)22/h3-6,9H,7-8H2,1-2H3,(H,18,21)(H2,19,20,22,23)/t9-/m0/s1. The molecule has 0 saturated carbocycles. The molecule has 0 radical (unpaired) electrons. The van der Waals surface area contributed by atoms with Gasteiger partial charge in [0.05, 0.1) is 6.04 Å². The van der Waals surface area contributed by atoms with Crippen LogP contribution in [0.2, 0.25) is 5.02 Å². The molecule has 7 heteroatoms.